The van der Waals surface area contributed by atoms with Crippen LogP contribution in [-0.4, -0.2) is 53.9 Å². The Morgan fingerprint density at radius 1 is 1.12 bits per heavy atom. The number of hydrogen-bond donors (Lipinski definition) is 1. The van der Waals surface area contributed by atoms with E-state index in [0.717, 1.165) is 18.7 Å². The highest BCUT2D eigenvalue weighted by atomic mass is 16.6. The number of cyclic esters (lactones) is 1. The summed E-state index contributed by atoms with van der Waals surface area (Å²) in [5, 5.41) is 12.4. The molecular weight excluding hydrogens is 402 g/mol. The van der Waals surface area contributed by atoms with E-state index in [-0.39, 0.29) is 23.5 Å². The zero-order chi connectivity index (χ0) is 23.3. The summed E-state index contributed by atoms with van der Waals surface area (Å²) >= 11 is 0. The van der Waals surface area contributed by atoms with Crippen molar-refractivity contribution in [1.29, 1.82) is 0 Å². The van der Waals surface area contributed by atoms with E-state index in [9.17, 15) is 9.90 Å². The Hall–Kier alpha value is -2.44. The maximum atomic E-state index is 12.5. The normalized spacial score (nSPS) is 22.7. The lowest BCUT2D eigenvalue weighted by Crippen LogP contribution is -2.63. The fourth-order valence-electron chi connectivity index (χ4n) is 5.16. The van der Waals surface area contributed by atoms with Crippen molar-refractivity contribution < 1.29 is 14.6 Å². The van der Waals surface area contributed by atoms with E-state index in [0.29, 0.717) is 23.7 Å². The molecule has 0 bridgehead atoms. The number of ether oxygens (including phenoxy) is 1. The summed E-state index contributed by atoms with van der Waals surface area (Å²) in [5.41, 5.74) is 1.82. The Bertz CT molecular complexity index is 982. The van der Waals surface area contributed by atoms with E-state index in [1.807, 2.05) is 32.0 Å². The van der Waals surface area contributed by atoms with Gasteiger partial charge in [-0.15, -0.1) is 0 Å². The second kappa shape index (κ2) is 8.16. The highest BCUT2D eigenvalue weighted by Gasteiger charge is 2.55. The number of likely N-dealkylation sites (tertiary alicyclic amines) is 1. The highest BCUT2D eigenvalue weighted by Crippen LogP contribution is 2.50. The molecule has 32 heavy (non-hydrogen) atoms. The summed E-state index contributed by atoms with van der Waals surface area (Å²) in [7, 11) is 2.06. The van der Waals surface area contributed by atoms with Crippen LogP contribution in [0, 0.1) is 11.3 Å². The fraction of sp³-hybridized carbons (Fsp3) is 0.538. The summed E-state index contributed by atoms with van der Waals surface area (Å²) in [5.74, 6) is 0.656. The average Bonchev–Trinajstić information content (AvgIpc) is 3.14. The van der Waals surface area contributed by atoms with Crippen LogP contribution < -0.4 is 4.90 Å². The predicted molar refractivity (Wildman–Crippen MR) is 126 cm³/mol. The van der Waals surface area contributed by atoms with Crippen molar-refractivity contribution in [2.24, 2.45) is 11.3 Å². The number of anilines is 1. The molecule has 6 nitrogen and oxygen atoms in total. The summed E-state index contributed by atoms with van der Waals surface area (Å²) in [6, 6.07) is 10.2. The zero-order valence-corrected chi connectivity index (χ0v) is 20.0. The molecule has 0 radical (unpaired) electrons. The van der Waals surface area contributed by atoms with Gasteiger partial charge in [-0.25, -0.2) is 4.79 Å². The number of aromatic nitrogens is 1. The van der Waals surface area contributed by atoms with Crippen molar-refractivity contribution in [3.63, 3.8) is 0 Å². The van der Waals surface area contributed by atoms with Crippen LogP contribution in [0.4, 0.5) is 10.5 Å². The van der Waals surface area contributed by atoms with Gasteiger partial charge in [-0.05, 0) is 36.1 Å². The number of benzene rings is 1. The van der Waals surface area contributed by atoms with E-state index in [1.165, 1.54) is 5.56 Å². The van der Waals surface area contributed by atoms with Crippen molar-refractivity contribution in [2.75, 3.05) is 31.6 Å². The largest absolute Gasteiger partial charge is 0.444 e. The molecule has 2 aliphatic heterocycles. The molecule has 1 aromatic carbocycles. The molecule has 2 aromatic rings. The highest BCUT2D eigenvalue weighted by molar-refractivity contribution is 5.89. The van der Waals surface area contributed by atoms with Crippen molar-refractivity contribution in [2.45, 2.75) is 52.2 Å². The molecule has 1 aromatic heterocycles. The fourth-order valence-corrected chi connectivity index (χ4v) is 5.16. The van der Waals surface area contributed by atoms with E-state index in [2.05, 4.69) is 49.8 Å². The van der Waals surface area contributed by atoms with Gasteiger partial charge in [0.05, 0.1) is 18.4 Å². The molecule has 0 spiro atoms. The number of carbonyl (C=O) groups excluding carboxylic acids is 1. The third kappa shape index (κ3) is 3.69. The van der Waals surface area contributed by atoms with Crippen LogP contribution in [0.5, 0.6) is 0 Å². The number of amides is 1. The second-order valence-corrected chi connectivity index (χ2v) is 10.4. The maximum Gasteiger partial charge on any atom is 0.414 e. The molecule has 0 aliphatic carbocycles. The van der Waals surface area contributed by atoms with Gasteiger partial charge < -0.3 is 14.7 Å². The van der Waals surface area contributed by atoms with Gasteiger partial charge in [-0.1, -0.05) is 58.9 Å². The quantitative estimate of drug-likeness (QED) is 0.727. The molecule has 2 fully saturated rings. The zero-order valence-electron chi connectivity index (χ0n) is 20.0. The number of rotatable bonds is 6. The Morgan fingerprint density at radius 3 is 2.31 bits per heavy atom. The minimum Gasteiger partial charge on any atom is -0.444 e. The van der Waals surface area contributed by atoms with Crippen LogP contribution in [0.25, 0.3) is 0 Å². The first kappa shape index (κ1) is 22.7. The minimum absolute atomic E-state index is 0.147. The average molecular weight is 438 g/mol. The third-order valence-electron chi connectivity index (χ3n) is 7.14. The molecule has 2 aliphatic rings. The van der Waals surface area contributed by atoms with E-state index in [4.69, 9.17) is 4.74 Å². The Kier molecular flexibility index (Phi) is 5.80. The molecule has 2 atom stereocenters. The van der Waals surface area contributed by atoms with Gasteiger partial charge in [0.25, 0.3) is 0 Å². The topological polar surface area (TPSA) is 65.9 Å². The molecule has 4 rings (SSSR count). The molecular formula is C26H35N3O3. The van der Waals surface area contributed by atoms with Crippen LogP contribution in [0.2, 0.25) is 0 Å². The van der Waals surface area contributed by atoms with Crippen LogP contribution in [0.1, 0.15) is 57.2 Å². The summed E-state index contributed by atoms with van der Waals surface area (Å²) in [4.78, 5) is 20.8. The van der Waals surface area contributed by atoms with Gasteiger partial charge in [0.15, 0.2) is 0 Å². The summed E-state index contributed by atoms with van der Waals surface area (Å²) < 4.78 is 5.54. The minimum atomic E-state index is -1.24. The summed E-state index contributed by atoms with van der Waals surface area (Å²) in [6.07, 6.45) is 2.89. The van der Waals surface area contributed by atoms with Crippen molar-refractivity contribution in [3.05, 3.63) is 59.4 Å². The van der Waals surface area contributed by atoms with Crippen molar-refractivity contribution in [1.82, 2.24) is 9.88 Å². The number of pyridine rings is 1. The Morgan fingerprint density at radius 2 is 1.78 bits per heavy atom. The Labute approximate surface area is 191 Å². The molecule has 1 unspecified atom stereocenters. The number of nitrogens with zero attached hydrogens (tertiary/aromatic N) is 3. The number of aliphatic hydroxyl groups is 1. The standard InChI is InChI=1S/C26H35N3O3/c1-17(2)19-7-9-20(10-8-19)26(31,25(5)15-28(6)16-25)21-11-22(13-27-12-21)29-14-23(18(3)4)32-24(29)30/h7-13,17-18,23,31H,14-16H2,1-6H3/t23?,26-/m0/s1. The molecule has 2 saturated heterocycles. The predicted octanol–water partition coefficient (Wildman–Crippen LogP) is 4.37. The summed E-state index contributed by atoms with van der Waals surface area (Å²) in [6.45, 7) is 12.6. The molecule has 6 heteroatoms. The molecule has 1 N–H and O–H groups in total. The lowest BCUT2D eigenvalue weighted by molar-refractivity contribution is -0.127. The van der Waals surface area contributed by atoms with Gasteiger partial charge in [0, 0.05) is 30.3 Å². The lowest BCUT2D eigenvalue weighted by Gasteiger charge is -2.56. The third-order valence-corrected chi connectivity index (χ3v) is 7.14. The van der Waals surface area contributed by atoms with Gasteiger partial charge in [0.1, 0.15) is 11.7 Å². The van der Waals surface area contributed by atoms with E-state index < -0.39 is 5.60 Å². The maximum absolute atomic E-state index is 12.5. The van der Waals surface area contributed by atoms with Gasteiger partial charge >= 0.3 is 6.09 Å². The first-order valence-electron chi connectivity index (χ1n) is 11.5. The first-order chi connectivity index (χ1) is 15.0. The van der Waals surface area contributed by atoms with Crippen LogP contribution in [0.3, 0.4) is 0 Å². The van der Waals surface area contributed by atoms with E-state index in [1.54, 1.807) is 17.3 Å². The van der Waals surface area contributed by atoms with Crippen LogP contribution >= 0.6 is 0 Å². The smallest absolute Gasteiger partial charge is 0.414 e. The van der Waals surface area contributed by atoms with Gasteiger partial charge in [0.2, 0.25) is 0 Å². The van der Waals surface area contributed by atoms with Crippen molar-refractivity contribution in [3.8, 4) is 0 Å². The molecule has 172 valence electrons. The van der Waals surface area contributed by atoms with Gasteiger partial charge in [-0.2, -0.15) is 0 Å². The first-order valence-corrected chi connectivity index (χ1v) is 11.5. The molecule has 1 amide bonds. The number of carbonyl (C=O) groups is 1. The molecule has 0 saturated carbocycles. The molecule has 3 heterocycles. The lowest BCUT2D eigenvalue weighted by atomic mass is 9.62. The van der Waals surface area contributed by atoms with Crippen LogP contribution in [0.15, 0.2) is 42.7 Å². The van der Waals surface area contributed by atoms with Gasteiger partial charge in [-0.3, -0.25) is 9.88 Å². The second-order valence-electron chi connectivity index (χ2n) is 10.4. The van der Waals surface area contributed by atoms with E-state index >= 15 is 0 Å². The SMILES string of the molecule is CC(C)c1ccc([C@](O)(c2cncc(N3CC(C(C)C)OC3=O)c2)C2(C)CN(C)C2)cc1. The monoisotopic (exact) mass is 437 g/mol. The van der Waals surface area contributed by atoms with Crippen LogP contribution in [-0.2, 0) is 10.3 Å². The number of hydrogen-bond acceptors (Lipinski definition) is 5. The van der Waals surface area contributed by atoms with Crippen molar-refractivity contribution >= 4 is 11.8 Å². The Balaban J connectivity index is 1.76.